The number of carboxylic acids is 1. The molecule has 8 heteroatoms. The van der Waals surface area contributed by atoms with Crippen molar-refractivity contribution >= 4 is 29.7 Å². The normalized spacial score (nSPS) is 21.6. The van der Waals surface area contributed by atoms with Crippen LogP contribution < -0.4 is 10.6 Å². The summed E-state index contributed by atoms with van der Waals surface area (Å²) in [7, 11) is 0. The van der Waals surface area contributed by atoms with Gasteiger partial charge in [0.2, 0.25) is 5.91 Å². The van der Waals surface area contributed by atoms with Gasteiger partial charge in [0.1, 0.15) is 6.04 Å². The number of nitrogens with zero attached hydrogens (tertiary/aromatic N) is 1. The van der Waals surface area contributed by atoms with Gasteiger partial charge in [0.25, 0.3) is 0 Å². The van der Waals surface area contributed by atoms with Crippen LogP contribution in [0.4, 0.5) is 4.79 Å². The second kappa shape index (κ2) is 7.98. The highest BCUT2D eigenvalue weighted by Crippen LogP contribution is 2.28. The second-order valence-corrected chi connectivity index (χ2v) is 5.87. The highest BCUT2D eigenvalue weighted by Gasteiger charge is 2.39. The lowest BCUT2D eigenvalue weighted by Crippen LogP contribution is -2.50. The quantitative estimate of drug-likeness (QED) is 0.662. The molecule has 0 aromatic carbocycles. The van der Waals surface area contributed by atoms with E-state index in [-0.39, 0.29) is 24.2 Å². The van der Waals surface area contributed by atoms with Gasteiger partial charge in [0, 0.05) is 25.3 Å². The van der Waals surface area contributed by atoms with Crippen molar-refractivity contribution in [3.05, 3.63) is 0 Å². The van der Waals surface area contributed by atoms with Gasteiger partial charge in [0.05, 0.1) is 5.37 Å². The van der Waals surface area contributed by atoms with Gasteiger partial charge in [-0.15, -0.1) is 11.8 Å². The first kappa shape index (κ1) is 16.6. The average Bonchev–Trinajstić information content (AvgIpc) is 2.78. The smallest absolute Gasteiger partial charge is 0.327 e. The molecule has 114 valence electrons. The summed E-state index contributed by atoms with van der Waals surface area (Å²) in [5.41, 5.74) is 0. The van der Waals surface area contributed by atoms with Crippen molar-refractivity contribution in [1.29, 1.82) is 0 Å². The molecule has 0 aliphatic carbocycles. The van der Waals surface area contributed by atoms with Crippen molar-refractivity contribution < 1.29 is 19.5 Å². The van der Waals surface area contributed by atoms with E-state index in [1.54, 1.807) is 6.92 Å². The number of hydrogen-bond donors (Lipinski definition) is 3. The van der Waals surface area contributed by atoms with Crippen LogP contribution in [-0.4, -0.2) is 58.2 Å². The molecule has 0 bridgehead atoms. The Labute approximate surface area is 122 Å². The summed E-state index contributed by atoms with van der Waals surface area (Å²) in [6.45, 7) is 4.57. The summed E-state index contributed by atoms with van der Waals surface area (Å²) in [5, 5.41) is 14.2. The number of carbonyl (C=O) groups excluding carboxylic acids is 2. The number of aliphatic carboxylic acids is 1. The number of carboxylic acid groups (broad SMARTS) is 1. The monoisotopic (exact) mass is 303 g/mol. The van der Waals surface area contributed by atoms with E-state index >= 15 is 0 Å². The van der Waals surface area contributed by atoms with Crippen LogP contribution in [-0.2, 0) is 9.59 Å². The highest BCUT2D eigenvalue weighted by atomic mass is 32.2. The molecule has 3 amide bonds. The molecule has 0 spiro atoms. The lowest BCUT2D eigenvalue weighted by molar-refractivity contribution is -0.141. The molecule has 1 fully saturated rings. The van der Waals surface area contributed by atoms with E-state index in [1.165, 1.54) is 16.7 Å². The van der Waals surface area contributed by atoms with Gasteiger partial charge >= 0.3 is 12.0 Å². The van der Waals surface area contributed by atoms with Crippen molar-refractivity contribution in [1.82, 2.24) is 15.5 Å². The number of urea groups is 1. The van der Waals surface area contributed by atoms with Gasteiger partial charge in [-0.2, -0.15) is 0 Å². The third-order valence-electron chi connectivity index (χ3n) is 2.94. The third-order valence-corrected chi connectivity index (χ3v) is 4.16. The Balaban J connectivity index is 2.38. The molecule has 1 rings (SSSR count). The van der Waals surface area contributed by atoms with Gasteiger partial charge in [-0.1, -0.05) is 6.92 Å². The highest BCUT2D eigenvalue weighted by molar-refractivity contribution is 8.00. The molecule has 1 heterocycles. The van der Waals surface area contributed by atoms with Crippen LogP contribution in [0, 0.1) is 0 Å². The Kier molecular flexibility index (Phi) is 6.63. The first-order valence-corrected chi connectivity index (χ1v) is 7.69. The van der Waals surface area contributed by atoms with Gasteiger partial charge < -0.3 is 15.7 Å². The van der Waals surface area contributed by atoms with E-state index in [9.17, 15) is 14.4 Å². The van der Waals surface area contributed by atoms with Crippen molar-refractivity contribution in [3.8, 4) is 0 Å². The zero-order valence-electron chi connectivity index (χ0n) is 11.7. The van der Waals surface area contributed by atoms with Crippen LogP contribution in [0.3, 0.4) is 0 Å². The molecule has 20 heavy (non-hydrogen) atoms. The SMILES string of the molecule is CCCNC(=O)CCNC(=O)N1C(C)SCC1C(=O)O. The van der Waals surface area contributed by atoms with Crippen molar-refractivity contribution in [2.75, 3.05) is 18.8 Å². The summed E-state index contributed by atoms with van der Waals surface area (Å²) in [5.74, 6) is -0.732. The first-order valence-electron chi connectivity index (χ1n) is 6.64. The van der Waals surface area contributed by atoms with E-state index in [1.807, 2.05) is 6.92 Å². The summed E-state index contributed by atoms with van der Waals surface area (Å²) in [6, 6.07) is -1.23. The molecular formula is C12H21N3O4S. The topological polar surface area (TPSA) is 98.7 Å². The molecule has 2 unspecified atom stereocenters. The molecule has 1 saturated heterocycles. The predicted octanol–water partition coefficient (Wildman–Crippen LogP) is 0.460. The summed E-state index contributed by atoms with van der Waals surface area (Å²) < 4.78 is 0. The van der Waals surface area contributed by atoms with Gasteiger partial charge in [-0.25, -0.2) is 9.59 Å². The molecule has 0 saturated carbocycles. The fraction of sp³-hybridized carbons (Fsp3) is 0.750. The maximum Gasteiger partial charge on any atom is 0.327 e. The largest absolute Gasteiger partial charge is 0.480 e. The maximum absolute atomic E-state index is 12.0. The molecule has 2 atom stereocenters. The Hall–Kier alpha value is -1.44. The lowest BCUT2D eigenvalue weighted by Gasteiger charge is -2.25. The summed E-state index contributed by atoms with van der Waals surface area (Å²) in [6.07, 6.45) is 1.06. The predicted molar refractivity (Wildman–Crippen MR) is 76.5 cm³/mol. The zero-order valence-corrected chi connectivity index (χ0v) is 12.5. The minimum Gasteiger partial charge on any atom is -0.480 e. The molecule has 0 aromatic rings. The van der Waals surface area contributed by atoms with Crippen LogP contribution in [0.15, 0.2) is 0 Å². The summed E-state index contributed by atoms with van der Waals surface area (Å²) in [4.78, 5) is 35.7. The van der Waals surface area contributed by atoms with Crippen molar-refractivity contribution in [2.24, 2.45) is 0 Å². The van der Waals surface area contributed by atoms with Crippen LogP contribution in [0.5, 0.6) is 0 Å². The lowest BCUT2D eigenvalue weighted by atomic mass is 10.3. The fourth-order valence-electron chi connectivity index (χ4n) is 1.87. The van der Waals surface area contributed by atoms with Crippen molar-refractivity contribution in [3.63, 3.8) is 0 Å². The second-order valence-electron chi connectivity index (χ2n) is 4.53. The Bertz CT molecular complexity index is 378. The first-order chi connectivity index (χ1) is 9.47. The number of hydrogen-bond acceptors (Lipinski definition) is 4. The number of rotatable bonds is 6. The van der Waals surface area contributed by atoms with E-state index in [2.05, 4.69) is 10.6 Å². The van der Waals surface area contributed by atoms with E-state index in [0.29, 0.717) is 12.3 Å². The molecule has 7 nitrogen and oxygen atoms in total. The Morgan fingerprint density at radius 1 is 1.30 bits per heavy atom. The van der Waals surface area contributed by atoms with Gasteiger partial charge in [-0.3, -0.25) is 9.69 Å². The van der Waals surface area contributed by atoms with Gasteiger partial charge in [-0.05, 0) is 13.3 Å². The van der Waals surface area contributed by atoms with Crippen LogP contribution in [0.25, 0.3) is 0 Å². The fourth-order valence-corrected chi connectivity index (χ4v) is 3.04. The molecule has 0 radical (unpaired) electrons. The Morgan fingerprint density at radius 2 is 2.00 bits per heavy atom. The Morgan fingerprint density at radius 3 is 2.60 bits per heavy atom. The van der Waals surface area contributed by atoms with Gasteiger partial charge in [0.15, 0.2) is 0 Å². The number of carbonyl (C=O) groups is 3. The van der Waals surface area contributed by atoms with E-state index in [4.69, 9.17) is 5.11 Å². The van der Waals surface area contributed by atoms with Crippen LogP contribution in [0.2, 0.25) is 0 Å². The minimum absolute atomic E-state index is 0.120. The molecule has 1 aliphatic heterocycles. The minimum atomic E-state index is -1.00. The van der Waals surface area contributed by atoms with Crippen LogP contribution >= 0.6 is 11.8 Å². The zero-order chi connectivity index (χ0) is 15.1. The number of thioether (sulfide) groups is 1. The summed E-state index contributed by atoms with van der Waals surface area (Å²) >= 11 is 1.43. The number of amides is 3. The number of nitrogens with one attached hydrogen (secondary N) is 2. The van der Waals surface area contributed by atoms with Crippen LogP contribution in [0.1, 0.15) is 26.7 Å². The molecular weight excluding hydrogens is 282 g/mol. The van der Waals surface area contributed by atoms with Crippen molar-refractivity contribution in [2.45, 2.75) is 38.1 Å². The maximum atomic E-state index is 12.0. The standard InChI is InChI=1S/C12H21N3O4S/c1-3-5-13-10(16)4-6-14-12(19)15-8(2)20-7-9(15)11(17)18/h8-9H,3-7H2,1-2H3,(H,13,16)(H,14,19)(H,17,18). The third kappa shape index (κ3) is 4.59. The average molecular weight is 303 g/mol. The molecule has 1 aliphatic rings. The van der Waals surface area contributed by atoms with E-state index < -0.39 is 18.0 Å². The molecule has 0 aromatic heterocycles. The molecule has 3 N–H and O–H groups in total. The van der Waals surface area contributed by atoms with E-state index in [0.717, 1.165) is 6.42 Å².